The Hall–Kier alpha value is -1.67. The Bertz CT molecular complexity index is 1520. The zero-order valence-corrected chi connectivity index (χ0v) is 28.0. The molecule has 4 atom stereocenters. The molecule has 4 aliphatic rings. The first-order valence-electron chi connectivity index (χ1n) is 14.7. The van der Waals surface area contributed by atoms with Crippen molar-refractivity contribution in [3.05, 3.63) is 106 Å². The van der Waals surface area contributed by atoms with E-state index in [2.05, 4.69) is 98.8 Å². The Morgan fingerprint density at radius 3 is 1.46 bits per heavy atom. The molecule has 0 spiro atoms. The summed E-state index contributed by atoms with van der Waals surface area (Å²) in [6.45, 7) is 4.88. The molecule has 1 saturated carbocycles. The molecule has 0 radical (unpaired) electrons. The van der Waals surface area contributed by atoms with Crippen LogP contribution >= 0.6 is 0 Å². The van der Waals surface area contributed by atoms with Crippen LogP contribution in [0.25, 0.3) is 33.7 Å². The molecule has 0 bridgehead atoms. The number of rotatable bonds is 4. The van der Waals surface area contributed by atoms with Gasteiger partial charge < -0.3 is 24.8 Å². The van der Waals surface area contributed by atoms with Gasteiger partial charge in [0.05, 0.1) is 0 Å². The van der Waals surface area contributed by atoms with Crippen LogP contribution in [0.4, 0.5) is 0 Å². The van der Waals surface area contributed by atoms with Crippen molar-refractivity contribution in [3.63, 3.8) is 0 Å². The molecular formula is C36H36Cl2Hf. The third-order valence-corrected chi connectivity index (χ3v) is 35.7. The molecule has 2 fully saturated rings. The van der Waals surface area contributed by atoms with Crippen LogP contribution in [0.5, 0.6) is 0 Å². The molecule has 0 nitrogen and oxygen atoms in total. The molecule has 3 aliphatic carbocycles. The van der Waals surface area contributed by atoms with Crippen LogP contribution in [0.1, 0.15) is 82.0 Å². The summed E-state index contributed by atoms with van der Waals surface area (Å²) in [4.78, 5) is 0. The van der Waals surface area contributed by atoms with Gasteiger partial charge in [0.15, 0.2) is 0 Å². The molecule has 1 heterocycles. The summed E-state index contributed by atoms with van der Waals surface area (Å²) in [5.74, 6) is 0. The molecular weight excluding hydrogens is 682 g/mol. The molecule has 4 aromatic rings. The molecule has 4 unspecified atom stereocenters. The van der Waals surface area contributed by atoms with Gasteiger partial charge in [-0.15, -0.1) is 0 Å². The van der Waals surface area contributed by atoms with E-state index in [4.69, 9.17) is 0 Å². The van der Waals surface area contributed by atoms with Gasteiger partial charge in [0, 0.05) is 0 Å². The van der Waals surface area contributed by atoms with E-state index < -0.39 is 20.0 Å². The molecule has 0 aromatic heterocycles. The van der Waals surface area contributed by atoms with Crippen LogP contribution in [0.15, 0.2) is 83.9 Å². The van der Waals surface area contributed by atoms with E-state index in [0.29, 0.717) is 0 Å². The number of hydrogen-bond acceptors (Lipinski definition) is 0. The van der Waals surface area contributed by atoms with Gasteiger partial charge in [0.2, 0.25) is 0 Å². The van der Waals surface area contributed by atoms with Gasteiger partial charge >= 0.3 is 227 Å². The minimum absolute atomic E-state index is 0. The number of halogens is 2. The summed E-state index contributed by atoms with van der Waals surface area (Å²) in [6.07, 6.45) is 13.7. The van der Waals surface area contributed by atoms with Crippen LogP contribution < -0.4 is 24.8 Å². The number of fused-ring (bicyclic) bond motifs is 7. The number of benzene rings is 4. The van der Waals surface area contributed by atoms with Crippen molar-refractivity contribution in [1.82, 2.24) is 0 Å². The molecule has 1 aliphatic heterocycles. The number of allylic oxidation sites excluding steroid dienone is 2. The average Bonchev–Trinajstić information content (AvgIpc) is 3.25. The standard InChI is InChI=1S/2C15H13.C6H10.2ClH.Hf/c2*1-2-11-9-13-8-7-12-5-3-4-6-14(12)15(13)10-11;1-2-4-6-5-3-1;;;/h2*3-10H,2H2,1H3;1-2H,3-6H2;2*1H;/q;;;;;+2/p-2. The zero-order chi connectivity index (χ0) is 24.7. The maximum atomic E-state index is 2.67. The van der Waals surface area contributed by atoms with E-state index in [1.807, 2.05) is 0 Å². The summed E-state index contributed by atoms with van der Waals surface area (Å²) in [5, 5.41) is 5.76. The predicted octanol–water partition coefficient (Wildman–Crippen LogP) is 4.72. The minimum Gasteiger partial charge on any atom is -1.00 e. The minimum atomic E-state index is -3.02. The van der Waals surface area contributed by atoms with E-state index >= 15 is 0 Å². The first-order chi connectivity index (χ1) is 18.3. The Balaban J connectivity index is 0.00000138. The van der Waals surface area contributed by atoms with Crippen molar-refractivity contribution in [2.24, 2.45) is 0 Å². The van der Waals surface area contributed by atoms with Crippen molar-refractivity contribution in [3.8, 4) is 0 Å². The van der Waals surface area contributed by atoms with E-state index in [0.717, 1.165) is 14.7 Å². The fourth-order valence-electron chi connectivity index (χ4n) is 9.42. The van der Waals surface area contributed by atoms with Gasteiger partial charge in [0.25, 0.3) is 0 Å². The third-order valence-electron chi connectivity index (χ3n) is 10.8. The van der Waals surface area contributed by atoms with Crippen LogP contribution in [0, 0.1) is 0 Å². The van der Waals surface area contributed by atoms with E-state index in [1.54, 1.807) is 33.4 Å². The van der Waals surface area contributed by atoms with Gasteiger partial charge in [-0.3, -0.25) is 0 Å². The smallest absolute Gasteiger partial charge is 1.00 e. The second kappa shape index (κ2) is 10.3. The Morgan fingerprint density at radius 1 is 0.590 bits per heavy atom. The summed E-state index contributed by atoms with van der Waals surface area (Å²) in [6, 6.07) is 28.2. The molecule has 1 saturated heterocycles. The predicted molar refractivity (Wildman–Crippen MR) is 156 cm³/mol. The topological polar surface area (TPSA) is 0 Å². The Labute approximate surface area is 250 Å². The third kappa shape index (κ3) is 3.72. The Kier molecular flexibility index (Phi) is 7.27. The van der Waals surface area contributed by atoms with E-state index in [-0.39, 0.29) is 24.8 Å². The SMILES string of the molecule is CCC1=Cc2c(ccc3ccccc23)[CH]1[Hf+2]1([CH]2C(CC)=Cc3c2ccc2ccccc32)[CH]2CCCC[CH]21.[Cl-].[Cl-]. The molecule has 198 valence electrons. The monoisotopic (exact) mass is 718 g/mol. The fourth-order valence-corrected chi connectivity index (χ4v) is 45.3. The van der Waals surface area contributed by atoms with Gasteiger partial charge in [-0.05, 0) is 0 Å². The van der Waals surface area contributed by atoms with Crippen LogP contribution in [0.3, 0.4) is 0 Å². The van der Waals surface area contributed by atoms with Gasteiger partial charge in [0.1, 0.15) is 0 Å². The molecule has 0 amide bonds. The van der Waals surface area contributed by atoms with Crippen molar-refractivity contribution < 1.29 is 44.8 Å². The fraction of sp³-hybridized carbons (Fsp3) is 0.333. The summed E-state index contributed by atoms with van der Waals surface area (Å²) in [5.41, 5.74) is 10.1. The van der Waals surface area contributed by atoms with Gasteiger partial charge in [-0.25, -0.2) is 0 Å². The quantitative estimate of drug-likeness (QED) is 0.269. The summed E-state index contributed by atoms with van der Waals surface area (Å²) < 4.78 is 3.66. The molecule has 8 rings (SSSR count). The maximum absolute atomic E-state index is 3.02. The van der Waals surface area contributed by atoms with Crippen LogP contribution in [-0.4, -0.2) is 0 Å². The Morgan fingerprint density at radius 2 is 1.03 bits per heavy atom. The molecule has 0 N–H and O–H groups in total. The normalized spacial score (nSPS) is 26.4. The van der Waals surface area contributed by atoms with Crippen molar-refractivity contribution in [1.29, 1.82) is 0 Å². The van der Waals surface area contributed by atoms with Crippen LogP contribution in [-0.2, 0) is 20.0 Å². The average molecular weight is 718 g/mol. The molecule has 39 heavy (non-hydrogen) atoms. The maximum Gasteiger partial charge on any atom is -1.00 e. The van der Waals surface area contributed by atoms with Crippen molar-refractivity contribution >= 4 is 33.7 Å². The summed E-state index contributed by atoms with van der Waals surface area (Å²) >= 11 is -3.02. The first kappa shape index (κ1) is 27.5. The first-order valence-corrected chi connectivity index (χ1v) is 23.0. The van der Waals surface area contributed by atoms with E-state index in [1.165, 1.54) is 60.1 Å². The van der Waals surface area contributed by atoms with Gasteiger partial charge in [-0.1, -0.05) is 0 Å². The number of hydrogen-bond donors (Lipinski definition) is 0. The molecule has 3 heteroatoms. The van der Waals surface area contributed by atoms with Crippen molar-refractivity contribution in [2.45, 2.75) is 67.1 Å². The van der Waals surface area contributed by atoms with Crippen molar-refractivity contribution in [2.75, 3.05) is 0 Å². The van der Waals surface area contributed by atoms with E-state index in [9.17, 15) is 0 Å². The second-order valence-electron chi connectivity index (χ2n) is 12.1. The van der Waals surface area contributed by atoms with Crippen LogP contribution in [0.2, 0.25) is 7.35 Å². The summed E-state index contributed by atoms with van der Waals surface area (Å²) in [7, 11) is 0. The molecule has 4 aromatic carbocycles. The zero-order valence-electron chi connectivity index (χ0n) is 22.9. The second-order valence-corrected chi connectivity index (χ2v) is 28.8. The van der Waals surface area contributed by atoms with Gasteiger partial charge in [-0.2, -0.15) is 0 Å². The largest absolute Gasteiger partial charge is 1.00 e.